The van der Waals surface area contributed by atoms with Crippen LogP contribution in [-0.4, -0.2) is 21.5 Å². The van der Waals surface area contributed by atoms with E-state index in [1.165, 1.54) is 5.06 Å². The molecule has 71 valence electrons. The molecule has 1 unspecified atom stereocenters. The van der Waals surface area contributed by atoms with Gasteiger partial charge in [0.15, 0.2) is 0 Å². The maximum atomic E-state index is 11.8. The van der Waals surface area contributed by atoms with E-state index in [1.807, 2.05) is 27.7 Å². The Bertz CT molecular complexity index is 179. The van der Waals surface area contributed by atoms with Crippen LogP contribution in [0.2, 0.25) is 0 Å². The number of hydrogen-bond donors (Lipinski definition) is 0. The van der Waals surface area contributed by atoms with E-state index < -0.39 is 0 Å². The molecule has 0 aromatic heterocycles. The number of halogens is 1. The summed E-state index contributed by atoms with van der Waals surface area (Å²) in [7, 11) is 0. The second-order valence-corrected chi connectivity index (χ2v) is 5.46. The van der Waals surface area contributed by atoms with Gasteiger partial charge < -0.3 is 0 Å². The van der Waals surface area contributed by atoms with Crippen molar-refractivity contribution >= 4 is 15.9 Å². The van der Waals surface area contributed by atoms with Gasteiger partial charge in [0.05, 0.1) is 0 Å². The number of alkyl halides is 1. The lowest BCUT2D eigenvalue weighted by Gasteiger charge is -2.33. The minimum absolute atomic E-state index is 0.193. The highest BCUT2D eigenvalue weighted by Gasteiger charge is 2.51. The van der Waals surface area contributed by atoms with E-state index in [-0.39, 0.29) is 11.1 Å². The lowest BCUT2D eigenvalue weighted by Crippen LogP contribution is -2.46. The molecule has 1 fully saturated rings. The third-order valence-electron chi connectivity index (χ3n) is 3.00. The van der Waals surface area contributed by atoms with Crippen LogP contribution in [-0.2, 0) is 5.21 Å². The van der Waals surface area contributed by atoms with Crippen molar-refractivity contribution < 1.29 is 5.21 Å². The molecule has 1 aliphatic rings. The first-order chi connectivity index (χ1) is 5.32. The summed E-state index contributed by atoms with van der Waals surface area (Å²) in [6.07, 6.45) is 0.981. The zero-order valence-corrected chi connectivity index (χ0v) is 9.81. The van der Waals surface area contributed by atoms with Gasteiger partial charge in [-0.1, -0.05) is 15.9 Å². The van der Waals surface area contributed by atoms with Gasteiger partial charge in [0.25, 0.3) is 0 Å². The normalized spacial score (nSPS) is 34.0. The van der Waals surface area contributed by atoms with Crippen molar-refractivity contribution in [3.05, 3.63) is 0 Å². The molecule has 0 saturated carbocycles. The Labute approximate surface area is 83.0 Å². The van der Waals surface area contributed by atoms with E-state index in [9.17, 15) is 5.21 Å². The quantitative estimate of drug-likeness (QED) is 0.640. The Morgan fingerprint density at radius 2 is 1.92 bits per heavy atom. The van der Waals surface area contributed by atoms with Gasteiger partial charge in [-0.25, -0.2) is 0 Å². The third kappa shape index (κ3) is 1.42. The maximum absolute atomic E-state index is 11.8. The Morgan fingerprint density at radius 3 is 2.08 bits per heavy atom. The van der Waals surface area contributed by atoms with Gasteiger partial charge in [-0.3, -0.25) is 0 Å². The summed E-state index contributed by atoms with van der Waals surface area (Å²) in [5, 5.41) is 14.0. The van der Waals surface area contributed by atoms with Crippen LogP contribution in [0.5, 0.6) is 0 Å². The predicted octanol–water partition coefficient (Wildman–Crippen LogP) is 2.61. The van der Waals surface area contributed by atoms with Crippen LogP contribution in [0.25, 0.3) is 0 Å². The molecule has 1 aliphatic heterocycles. The Hall–Kier alpha value is 0.400. The fourth-order valence-electron chi connectivity index (χ4n) is 2.12. The first kappa shape index (κ1) is 10.5. The summed E-state index contributed by atoms with van der Waals surface area (Å²) < 4.78 is 0. The SMILES string of the molecule is CC1(C)CC(CBr)C(C)(C)N1[O]. The highest BCUT2D eigenvalue weighted by Crippen LogP contribution is 2.44. The van der Waals surface area contributed by atoms with Crippen LogP contribution >= 0.6 is 15.9 Å². The molecule has 2 nitrogen and oxygen atoms in total. The Morgan fingerprint density at radius 1 is 1.42 bits per heavy atom. The molecule has 1 rings (SSSR count). The number of rotatable bonds is 1. The van der Waals surface area contributed by atoms with Crippen LogP contribution in [0, 0.1) is 5.92 Å². The highest BCUT2D eigenvalue weighted by atomic mass is 79.9. The minimum atomic E-state index is -0.215. The number of hydroxylamine groups is 2. The standard InChI is InChI=1S/C9H17BrNO/c1-8(2)5-7(6-10)9(3,4)11(8)12/h7H,5-6H2,1-4H3. The van der Waals surface area contributed by atoms with E-state index in [0.717, 1.165) is 11.8 Å². The van der Waals surface area contributed by atoms with Crippen molar-refractivity contribution in [2.24, 2.45) is 5.92 Å². The van der Waals surface area contributed by atoms with Crippen molar-refractivity contribution in [1.82, 2.24) is 5.06 Å². The predicted molar refractivity (Wildman–Crippen MR) is 52.6 cm³/mol. The lowest BCUT2D eigenvalue weighted by atomic mass is 9.89. The van der Waals surface area contributed by atoms with E-state index in [4.69, 9.17) is 0 Å². The minimum Gasteiger partial charge on any atom is -0.144 e. The molecule has 0 aromatic rings. The zero-order valence-electron chi connectivity index (χ0n) is 8.22. The summed E-state index contributed by atoms with van der Waals surface area (Å²) in [5.41, 5.74) is -0.408. The van der Waals surface area contributed by atoms with Crippen LogP contribution in [0.3, 0.4) is 0 Å². The van der Waals surface area contributed by atoms with E-state index in [1.54, 1.807) is 0 Å². The van der Waals surface area contributed by atoms with Crippen molar-refractivity contribution in [1.29, 1.82) is 0 Å². The molecule has 0 bridgehead atoms. The molecular weight excluding hydrogens is 218 g/mol. The van der Waals surface area contributed by atoms with Crippen molar-refractivity contribution in [2.75, 3.05) is 5.33 Å². The van der Waals surface area contributed by atoms with Gasteiger partial charge in [-0.15, -0.1) is 10.3 Å². The summed E-state index contributed by atoms with van der Waals surface area (Å²) in [5.74, 6) is 0.463. The zero-order chi connectivity index (χ0) is 9.57. The molecule has 0 spiro atoms. The maximum Gasteiger partial charge on any atom is 0.0480 e. The molecule has 0 aliphatic carbocycles. The second-order valence-electron chi connectivity index (χ2n) is 4.82. The Balaban J connectivity index is 2.88. The third-order valence-corrected chi connectivity index (χ3v) is 3.79. The average Bonchev–Trinajstić information content (AvgIpc) is 2.11. The molecule has 1 heterocycles. The van der Waals surface area contributed by atoms with Crippen LogP contribution in [0.4, 0.5) is 0 Å². The molecular formula is C9H17BrNO. The van der Waals surface area contributed by atoms with Crippen molar-refractivity contribution in [3.8, 4) is 0 Å². The van der Waals surface area contributed by atoms with E-state index in [0.29, 0.717) is 5.92 Å². The molecule has 1 saturated heterocycles. The second kappa shape index (κ2) is 2.96. The molecule has 1 radical (unpaired) electrons. The molecule has 3 heteroatoms. The van der Waals surface area contributed by atoms with Crippen molar-refractivity contribution in [3.63, 3.8) is 0 Å². The molecule has 0 aromatic carbocycles. The van der Waals surface area contributed by atoms with Gasteiger partial charge in [0, 0.05) is 16.4 Å². The monoisotopic (exact) mass is 234 g/mol. The largest absolute Gasteiger partial charge is 0.144 e. The smallest absolute Gasteiger partial charge is 0.0480 e. The van der Waals surface area contributed by atoms with Gasteiger partial charge in [-0.2, -0.15) is 0 Å². The van der Waals surface area contributed by atoms with E-state index in [2.05, 4.69) is 15.9 Å². The van der Waals surface area contributed by atoms with Gasteiger partial charge in [-0.05, 0) is 40.0 Å². The lowest BCUT2D eigenvalue weighted by molar-refractivity contribution is -0.247. The first-order valence-electron chi connectivity index (χ1n) is 4.36. The van der Waals surface area contributed by atoms with Crippen LogP contribution in [0.15, 0.2) is 0 Å². The van der Waals surface area contributed by atoms with Gasteiger partial charge in [0.1, 0.15) is 0 Å². The number of hydrogen-bond acceptors (Lipinski definition) is 1. The summed E-state index contributed by atoms with van der Waals surface area (Å²) in [6.45, 7) is 8.09. The van der Waals surface area contributed by atoms with Crippen LogP contribution in [0.1, 0.15) is 34.1 Å². The summed E-state index contributed by atoms with van der Waals surface area (Å²) in [6, 6.07) is 0. The van der Waals surface area contributed by atoms with E-state index >= 15 is 0 Å². The fraction of sp³-hybridized carbons (Fsp3) is 1.00. The highest BCUT2D eigenvalue weighted by molar-refractivity contribution is 9.09. The molecule has 12 heavy (non-hydrogen) atoms. The van der Waals surface area contributed by atoms with Crippen LogP contribution < -0.4 is 0 Å². The van der Waals surface area contributed by atoms with Gasteiger partial charge in [0.2, 0.25) is 0 Å². The summed E-state index contributed by atoms with van der Waals surface area (Å²) >= 11 is 3.47. The van der Waals surface area contributed by atoms with Gasteiger partial charge >= 0.3 is 0 Å². The van der Waals surface area contributed by atoms with Crippen molar-refractivity contribution in [2.45, 2.75) is 45.2 Å². The molecule has 0 amide bonds. The topological polar surface area (TPSA) is 23.1 Å². The average molecular weight is 235 g/mol. The Kier molecular flexibility index (Phi) is 2.59. The summed E-state index contributed by atoms with van der Waals surface area (Å²) in [4.78, 5) is 0. The first-order valence-corrected chi connectivity index (χ1v) is 5.48. The number of nitrogens with zero attached hydrogens (tertiary/aromatic N) is 1. The molecule has 0 N–H and O–H groups in total. The fourth-order valence-corrected chi connectivity index (χ4v) is 3.15. The molecule has 1 atom stereocenters.